The molecule has 7 heavy (non-hydrogen) atoms. The largest absolute Gasteiger partial charge is 0.289 e. The first-order valence-corrected chi connectivity index (χ1v) is 2.29. The van der Waals surface area contributed by atoms with Crippen molar-refractivity contribution >= 4 is 5.91 Å². The lowest BCUT2D eigenvalue weighted by Gasteiger charge is -2.02. The van der Waals surface area contributed by atoms with Gasteiger partial charge in [-0.3, -0.25) is 10.2 Å². The van der Waals surface area contributed by atoms with E-state index in [9.17, 15) is 4.79 Å². The van der Waals surface area contributed by atoms with Crippen molar-refractivity contribution in [2.45, 2.75) is 6.42 Å². The molecule has 0 aliphatic carbocycles. The van der Waals surface area contributed by atoms with E-state index in [1.54, 1.807) is 5.01 Å². The first-order valence-electron chi connectivity index (χ1n) is 2.29. The predicted molar refractivity (Wildman–Crippen MR) is 27.5 cm³/mol. The zero-order chi connectivity index (χ0) is 5.28. The summed E-state index contributed by atoms with van der Waals surface area (Å²) in [5.41, 5.74) is 2.61. The molecule has 0 bridgehead atoms. The first kappa shape index (κ1) is 4.59. The van der Waals surface area contributed by atoms with Gasteiger partial charge in [-0.05, 0) is 0 Å². The standard InChI is InChI=1S/C4H8N2O.H2/c1-6-3-2-4(7)5-6;/h2-3H2,1H3,(H,5,7);1H. The number of hydrogen-bond acceptors (Lipinski definition) is 2. The summed E-state index contributed by atoms with van der Waals surface area (Å²) in [7, 11) is 1.85. The van der Waals surface area contributed by atoms with Gasteiger partial charge >= 0.3 is 0 Å². The molecule has 0 aromatic heterocycles. The van der Waals surface area contributed by atoms with Crippen molar-refractivity contribution in [1.82, 2.24) is 10.4 Å². The van der Waals surface area contributed by atoms with Gasteiger partial charge in [0.15, 0.2) is 0 Å². The molecule has 0 atom stereocenters. The highest BCUT2D eigenvalue weighted by molar-refractivity contribution is 5.77. The average molecular weight is 102 g/mol. The lowest BCUT2D eigenvalue weighted by molar-refractivity contribution is -0.120. The van der Waals surface area contributed by atoms with Gasteiger partial charge < -0.3 is 0 Å². The highest BCUT2D eigenvalue weighted by Crippen LogP contribution is 1.91. The van der Waals surface area contributed by atoms with Gasteiger partial charge in [0.1, 0.15) is 0 Å². The van der Waals surface area contributed by atoms with E-state index >= 15 is 0 Å². The Hall–Kier alpha value is -0.570. The maximum absolute atomic E-state index is 10.3. The lowest BCUT2D eigenvalue weighted by atomic mass is 10.4. The van der Waals surface area contributed by atoms with Crippen molar-refractivity contribution in [2.75, 3.05) is 13.6 Å². The number of nitrogens with one attached hydrogen (secondary N) is 1. The van der Waals surface area contributed by atoms with Crippen LogP contribution in [0, 0.1) is 0 Å². The zero-order valence-electron chi connectivity index (χ0n) is 4.27. The van der Waals surface area contributed by atoms with Crippen LogP contribution >= 0.6 is 0 Å². The monoisotopic (exact) mass is 102 g/mol. The molecule has 0 saturated carbocycles. The summed E-state index contributed by atoms with van der Waals surface area (Å²) in [6.07, 6.45) is 0.649. The molecule has 0 aromatic rings. The third kappa shape index (κ3) is 0.899. The Balaban J connectivity index is 0.000000490. The Morgan fingerprint density at radius 3 is 2.86 bits per heavy atom. The molecule has 1 heterocycles. The molecular weight excluding hydrogens is 92.1 g/mol. The summed E-state index contributed by atoms with van der Waals surface area (Å²) in [6.45, 7) is 0.846. The fourth-order valence-electron chi connectivity index (χ4n) is 0.594. The van der Waals surface area contributed by atoms with Crippen LogP contribution in [0.15, 0.2) is 0 Å². The molecule has 0 unspecified atom stereocenters. The molecule has 0 radical (unpaired) electrons. The number of carbonyl (C=O) groups is 1. The topological polar surface area (TPSA) is 32.3 Å². The van der Waals surface area contributed by atoms with Crippen molar-refractivity contribution in [2.24, 2.45) is 0 Å². The van der Waals surface area contributed by atoms with Gasteiger partial charge in [-0.25, -0.2) is 5.01 Å². The minimum atomic E-state index is 0. The highest BCUT2D eigenvalue weighted by atomic mass is 16.2. The van der Waals surface area contributed by atoms with Crippen LogP contribution in [0.1, 0.15) is 7.85 Å². The molecule has 0 spiro atoms. The minimum Gasteiger partial charge on any atom is -0.289 e. The predicted octanol–water partition coefficient (Wildman–Crippen LogP) is -0.401. The van der Waals surface area contributed by atoms with E-state index in [0.717, 1.165) is 6.54 Å². The van der Waals surface area contributed by atoms with Crippen molar-refractivity contribution in [3.8, 4) is 0 Å². The van der Waals surface area contributed by atoms with Crippen LogP contribution in [0.4, 0.5) is 0 Å². The Kier molecular flexibility index (Phi) is 0.982. The van der Waals surface area contributed by atoms with E-state index in [0.29, 0.717) is 6.42 Å². The third-order valence-electron chi connectivity index (χ3n) is 0.990. The Morgan fingerprint density at radius 1 is 2.00 bits per heavy atom. The van der Waals surface area contributed by atoms with E-state index in [1.165, 1.54) is 0 Å². The number of nitrogens with zero attached hydrogens (tertiary/aromatic N) is 1. The molecule has 1 rings (SSSR count). The Bertz CT molecular complexity index is 96.0. The fourth-order valence-corrected chi connectivity index (χ4v) is 0.594. The van der Waals surface area contributed by atoms with E-state index < -0.39 is 0 Å². The quantitative estimate of drug-likeness (QED) is 0.451. The van der Waals surface area contributed by atoms with Crippen LogP contribution < -0.4 is 5.43 Å². The van der Waals surface area contributed by atoms with Gasteiger partial charge in [-0.15, -0.1) is 0 Å². The molecule has 1 amide bonds. The van der Waals surface area contributed by atoms with E-state index in [-0.39, 0.29) is 7.33 Å². The van der Waals surface area contributed by atoms with E-state index in [2.05, 4.69) is 5.43 Å². The molecule has 1 aliphatic heterocycles. The van der Waals surface area contributed by atoms with Gasteiger partial charge in [0.2, 0.25) is 5.91 Å². The molecule has 1 fully saturated rings. The van der Waals surface area contributed by atoms with Crippen molar-refractivity contribution in [3.63, 3.8) is 0 Å². The van der Waals surface area contributed by atoms with Crippen LogP contribution in [0.5, 0.6) is 0 Å². The molecule has 0 aromatic carbocycles. The van der Waals surface area contributed by atoms with Crippen molar-refractivity contribution in [1.29, 1.82) is 0 Å². The molecular formula is C4H10N2O. The summed E-state index contributed by atoms with van der Waals surface area (Å²) in [5, 5.41) is 1.78. The smallest absolute Gasteiger partial charge is 0.235 e. The zero-order valence-corrected chi connectivity index (χ0v) is 4.27. The fraction of sp³-hybridized carbons (Fsp3) is 0.750. The van der Waals surface area contributed by atoms with Crippen LogP contribution in [-0.4, -0.2) is 24.5 Å². The summed E-state index contributed by atoms with van der Waals surface area (Å²) in [5.74, 6) is 0.127. The maximum atomic E-state index is 10.3. The van der Waals surface area contributed by atoms with E-state index in [4.69, 9.17) is 0 Å². The minimum absolute atomic E-state index is 0. The maximum Gasteiger partial charge on any atom is 0.235 e. The molecule has 1 saturated heterocycles. The first-order chi connectivity index (χ1) is 3.29. The molecule has 3 heteroatoms. The van der Waals surface area contributed by atoms with E-state index in [1.807, 2.05) is 7.05 Å². The molecule has 3 nitrogen and oxygen atoms in total. The van der Waals surface area contributed by atoms with Gasteiger partial charge in [0.25, 0.3) is 0 Å². The Morgan fingerprint density at radius 2 is 2.71 bits per heavy atom. The van der Waals surface area contributed by atoms with Crippen LogP contribution in [0.3, 0.4) is 0 Å². The summed E-state index contributed by atoms with van der Waals surface area (Å²) in [4.78, 5) is 10.3. The highest BCUT2D eigenvalue weighted by Gasteiger charge is 2.12. The normalized spacial score (nSPS) is 22.7. The number of amides is 1. The van der Waals surface area contributed by atoms with Crippen molar-refractivity contribution in [3.05, 3.63) is 0 Å². The van der Waals surface area contributed by atoms with Crippen LogP contribution in [-0.2, 0) is 4.79 Å². The third-order valence-corrected chi connectivity index (χ3v) is 0.990. The van der Waals surface area contributed by atoms with Crippen LogP contribution in [0.25, 0.3) is 0 Å². The second kappa shape index (κ2) is 1.50. The van der Waals surface area contributed by atoms with Crippen molar-refractivity contribution < 1.29 is 6.22 Å². The average Bonchev–Trinajstić information content (AvgIpc) is 1.87. The van der Waals surface area contributed by atoms with Crippen LogP contribution in [0.2, 0.25) is 0 Å². The number of hydrazine groups is 1. The van der Waals surface area contributed by atoms with Gasteiger partial charge in [-0.2, -0.15) is 0 Å². The second-order valence-electron chi connectivity index (χ2n) is 1.71. The van der Waals surface area contributed by atoms with Gasteiger partial charge in [0.05, 0.1) is 0 Å². The number of rotatable bonds is 0. The SMILES string of the molecule is CN1CCC(=O)N1.[HH]. The number of carbonyl (C=O) groups excluding carboxylic acids is 1. The molecule has 1 N–H and O–H groups in total. The molecule has 1 aliphatic rings. The number of hydrogen-bond donors (Lipinski definition) is 1. The second-order valence-corrected chi connectivity index (χ2v) is 1.71. The summed E-state index contributed by atoms with van der Waals surface area (Å²) >= 11 is 0. The van der Waals surface area contributed by atoms with Gasteiger partial charge in [-0.1, -0.05) is 0 Å². The summed E-state index contributed by atoms with van der Waals surface area (Å²) in [6, 6.07) is 0. The van der Waals surface area contributed by atoms with Gasteiger partial charge in [0, 0.05) is 21.4 Å². The molecule has 42 valence electrons. The summed E-state index contributed by atoms with van der Waals surface area (Å²) < 4.78 is 0. The Labute approximate surface area is 43.8 Å². The lowest BCUT2D eigenvalue weighted by Crippen LogP contribution is -2.28.